The molecule has 3 saturated heterocycles. The van der Waals surface area contributed by atoms with Gasteiger partial charge in [0.05, 0.1) is 19.3 Å². The quantitative estimate of drug-likeness (QED) is 0.528. The molecule has 1 N–H and O–H groups in total. The first kappa shape index (κ1) is 27.3. The summed E-state index contributed by atoms with van der Waals surface area (Å²) >= 11 is 0. The van der Waals surface area contributed by atoms with Gasteiger partial charge in [-0.2, -0.15) is 9.61 Å². The third-order valence-electron chi connectivity index (χ3n) is 7.81. The van der Waals surface area contributed by atoms with E-state index in [0.717, 1.165) is 53.7 Å². The molecule has 3 aliphatic heterocycles. The summed E-state index contributed by atoms with van der Waals surface area (Å²) in [5.41, 5.74) is 1.14. The van der Waals surface area contributed by atoms with E-state index in [1.807, 2.05) is 10.7 Å². The van der Waals surface area contributed by atoms with Crippen molar-refractivity contribution >= 4 is 23.5 Å². The van der Waals surface area contributed by atoms with Crippen molar-refractivity contribution in [1.82, 2.24) is 24.4 Å². The minimum Gasteiger partial charge on any atom is -0.446 e. The van der Waals surface area contributed by atoms with Crippen molar-refractivity contribution in [2.24, 2.45) is 0 Å². The summed E-state index contributed by atoms with van der Waals surface area (Å²) in [6, 6.07) is 2.20. The molecule has 0 bridgehead atoms. The Hall–Kier alpha value is -3.28. The van der Waals surface area contributed by atoms with E-state index in [1.54, 1.807) is 4.90 Å². The fourth-order valence-electron chi connectivity index (χ4n) is 5.45. The number of hydrogen-bond acceptors (Lipinski definition) is 7. The summed E-state index contributed by atoms with van der Waals surface area (Å²) in [6.45, 7) is 8.46. The maximum Gasteiger partial charge on any atom is 0.409 e. The number of nitrogens with zero attached hydrogens (tertiary/aromatic N) is 5. The summed E-state index contributed by atoms with van der Waals surface area (Å²) < 4.78 is 40.2. The summed E-state index contributed by atoms with van der Waals surface area (Å²) in [7, 11) is 0. The van der Waals surface area contributed by atoms with E-state index in [2.05, 4.69) is 36.9 Å². The highest BCUT2D eigenvalue weighted by atomic mass is 19.1. The van der Waals surface area contributed by atoms with Gasteiger partial charge in [0.2, 0.25) is 0 Å². The monoisotopic (exact) mass is 546 g/mol. The molecule has 2 aromatic heterocycles. The van der Waals surface area contributed by atoms with Crippen molar-refractivity contribution in [2.45, 2.75) is 63.1 Å². The molecule has 0 unspecified atom stereocenters. The maximum atomic E-state index is 14.7. The zero-order valence-electron chi connectivity index (χ0n) is 22.5. The first-order valence-corrected chi connectivity index (χ1v) is 13.6. The molecule has 0 spiro atoms. The second-order valence-electron chi connectivity index (χ2n) is 11.1. The van der Waals surface area contributed by atoms with E-state index in [0.29, 0.717) is 31.8 Å². The van der Waals surface area contributed by atoms with Gasteiger partial charge in [-0.25, -0.2) is 18.6 Å². The standard InChI is InChI=1S/C27H36F2N6O4/c1-17(2)21-13-30-35-23(12-22(32-24(21)35)19-6-10-38-11-7-19)31-20-4-8-33(9-5-20)26(37)39-16-27(29)14-34(15-27)25(36)18(3)28/h12-13,17,19-20,31H,3-11,14-16H2,1-2H3. The number of rotatable bonds is 7. The number of carbonyl (C=O) groups excluding carboxylic acids is 2. The Labute approximate surface area is 226 Å². The van der Waals surface area contributed by atoms with Gasteiger partial charge in [0.1, 0.15) is 12.4 Å². The van der Waals surface area contributed by atoms with Gasteiger partial charge in [-0.15, -0.1) is 0 Å². The van der Waals surface area contributed by atoms with E-state index in [9.17, 15) is 18.4 Å². The van der Waals surface area contributed by atoms with Gasteiger partial charge in [-0.05, 0) is 31.6 Å². The number of fused-ring (bicyclic) bond motifs is 1. The van der Waals surface area contributed by atoms with Crippen LogP contribution in [0.3, 0.4) is 0 Å². The number of hydrogen-bond donors (Lipinski definition) is 1. The Morgan fingerprint density at radius 1 is 1.21 bits per heavy atom. The smallest absolute Gasteiger partial charge is 0.409 e. The first-order valence-electron chi connectivity index (χ1n) is 13.6. The van der Waals surface area contributed by atoms with Crippen LogP contribution in [0.1, 0.15) is 62.6 Å². The summed E-state index contributed by atoms with van der Waals surface area (Å²) in [4.78, 5) is 31.6. The van der Waals surface area contributed by atoms with Gasteiger partial charge in [-0.3, -0.25) is 4.79 Å². The molecule has 0 radical (unpaired) electrons. The van der Waals surface area contributed by atoms with Crippen LogP contribution in [0, 0.1) is 0 Å². The molecule has 39 heavy (non-hydrogen) atoms. The van der Waals surface area contributed by atoms with Crippen LogP contribution in [0.4, 0.5) is 19.4 Å². The van der Waals surface area contributed by atoms with Gasteiger partial charge in [-0.1, -0.05) is 20.4 Å². The summed E-state index contributed by atoms with van der Waals surface area (Å²) in [6.07, 6.45) is 4.54. The van der Waals surface area contributed by atoms with Crippen LogP contribution in [0.2, 0.25) is 0 Å². The zero-order chi connectivity index (χ0) is 27.7. The Morgan fingerprint density at radius 2 is 1.90 bits per heavy atom. The normalized spacial score (nSPS) is 20.2. The van der Waals surface area contributed by atoms with Crippen LogP contribution in [0.15, 0.2) is 24.7 Å². The fourth-order valence-corrected chi connectivity index (χ4v) is 5.45. The van der Waals surface area contributed by atoms with Gasteiger partial charge in [0, 0.05) is 55.6 Å². The van der Waals surface area contributed by atoms with E-state index >= 15 is 0 Å². The highest BCUT2D eigenvalue weighted by Gasteiger charge is 2.47. The molecule has 0 atom stereocenters. The molecular weight excluding hydrogens is 510 g/mol. The number of carbonyl (C=O) groups is 2. The lowest BCUT2D eigenvalue weighted by atomic mass is 9.96. The molecule has 5 heterocycles. The number of likely N-dealkylation sites (tertiary alicyclic amines) is 2. The van der Waals surface area contributed by atoms with Crippen LogP contribution >= 0.6 is 0 Å². The van der Waals surface area contributed by atoms with Crippen LogP contribution in [-0.4, -0.2) is 94.1 Å². The minimum atomic E-state index is -1.87. The van der Waals surface area contributed by atoms with Crippen molar-refractivity contribution in [1.29, 1.82) is 0 Å². The number of ether oxygens (including phenoxy) is 2. The number of amides is 2. The fraction of sp³-hybridized carbons (Fsp3) is 0.630. The van der Waals surface area contributed by atoms with Crippen molar-refractivity contribution in [2.75, 3.05) is 51.3 Å². The molecule has 0 aromatic carbocycles. The number of alkyl halides is 1. The van der Waals surface area contributed by atoms with E-state index < -0.39 is 30.1 Å². The van der Waals surface area contributed by atoms with Crippen LogP contribution in [0.5, 0.6) is 0 Å². The molecule has 12 heteroatoms. The van der Waals surface area contributed by atoms with Crippen molar-refractivity contribution in [3.05, 3.63) is 35.9 Å². The summed E-state index contributed by atoms with van der Waals surface area (Å²) in [5.74, 6) is -0.561. The minimum absolute atomic E-state index is 0.112. The van der Waals surface area contributed by atoms with E-state index in [-0.39, 0.29) is 25.0 Å². The molecule has 0 saturated carbocycles. The lowest BCUT2D eigenvalue weighted by Crippen LogP contribution is -2.63. The predicted octanol–water partition coefficient (Wildman–Crippen LogP) is 3.79. The Kier molecular flexibility index (Phi) is 7.75. The first-order chi connectivity index (χ1) is 18.6. The number of piperidine rings is 1. The Morgan fingerprint density at radius 3 is 2.54 bits per heavy atom. The van der Waals surface area contributed by atoms with Gasteiger partial charge < -0.3 is 24.6 Å². The topological polar surface area (TPSA) is 101 Å². The largest absolute Gasteiger partial charge is 0.446 e. The second-order valence-corrected chi connectivity index (χ2v) is 11.1. The predicted molar refractivity (Wildman–Crippen MR) is 140 cm³/mol. The number of anilines is 1. The number of aromatic nitrogens is 3. The highest BCUT2D eigenvalue weighted by molar-refractivity contribution is 5.91. The van der Waals surface area contributed by atoms with E-state index in [1.165, 1.54) is 0 Å². The number of halogens is 2. The third-order valence-corrected chi connectivity index (χ3v) is 7.81. The molecule has 212 valence electrons. The maximum absolute atomic E-state index is 14.7. The molecular formula is C27H36F2N6O4. The van der Waals surface area contributed by atoms with Crippen LogP contribution < -0.4 is 5.32 Å². The van der Waals surface area contributed by atoms with Gasteiger partial charge in [0.25, 0.3) is 5.91 Å². The van der Waals surface area contributed by atoms with Crippen LogP contribution in [0.25, 0.3) is 5.65 Å². The third kappa shape index (κ3) is 5.85. The van der Waals surface area contributed by atoms with Crippen LogP contribution in [-0.2, 0) is 14.3 Å². The SMILES string of the molecule is C=C(F)C(=O)N1CC(F)(COC(=O)N2CCC(Nc3cc(C4CCOCC4)nc4c(C(C)C)cnn34)CC2)C1. The van der Waals surface area contributed by atoms with Gasteiger partial charge in [0.15, 0.2) is 17.1 Å². The molecule has 3 aliphatic rings. The molecule has 2 amide bonds. The van der Waals surface area contributed by atoms with Crippen molar-refractivity contribution < 1.29 is 27.8 Å². The lowest BCUT2D eigenvalue weighted by Gasteiger charge is -2.43. The Bertz CT molecular complexity index is 1230. The average molecular weight is 547 g/mol. The zero-order valence-corrected chi connectivity index (χ0v) is 22.5. The van der Waals surface area contributed by atoms with E-state index in [4.69, 9.17) is 14.5 Å². The summed E-state index contributed by atoms with van der Waals surface area (Å²) in [5, 5.41) is 8.25. The molecule has 2 aromatic rings. The Balaban J connectivity index is 1.18. The second kappa shape index (κ2) is 11.1. The number of nitrogens with one attached hydrogen (secondary N) is 1. The molecule has 5 rings (SSSR count). The van der Waals surface area contributed by atoms with Crippen molar-refractivity contribution in [3.63, 3.8) is 0 Å². The lowest BCUT2D eigenvalue weighted by molar-refractivity contribution is -0.146. The average Bonchev–Trinajstić information content (AvgIpc) is 3.35. The highest BCUT2D eigenvalue weighted by Crippen LogP contribution is 2.31. The molecule has 10 nitrogen and oxygen atoms in total. The van der Waals surface area contributed by atoms with Gasteiger partial charge >= 0.3 is 6.09 Å². The molecule has 3 fully saturated rings. The molecule has 0 aliphatic carbocycles. The van der Waals surface area contributed by atoms with Crippen molar-refractivity contribution in [3.8, 4) is 0 Å².